The molecule has 27 heavy (non-hydrogen) atoms. The van der Waals surface area contributed by atoms with Gasteiger partial charge in [0.2, 0.25) is 0 Å². The van der Waals surface area contributed by atoms with Crippen LogP contribution in [0.5, 0.6) is 0 Å². The lowest BCUT2D eigenvalue weighted by atomic mass is 9.44. The fourth-order valence-corrected chi connectivity index (χ4v) is 6.78. The molecule has 2 aliphatic rings. The number of rotatable bonds is 3. The molecule has 0 amide bonds. The third kappa shape index (κ3) is 3.29. The van der Waals surface area contributed by atoms with Gasteiger partial charge in [0.1, 0.15) is 0 Å². The van der Waals surface area contributed by atoms with E-state index in [1.54, 1.807) is 0 Å². The number of fused-ring (bicyclic) bond motifs is 1. The van der Waals surface area contributed by atoms with Crippen molar-refractivity contribution in [2.45, 2.75) is 85.4 Å². The number of aryl methyl sites for hydroxylation is 1. The molecule has 2 saturated carbocycles. The summed E-state index contributed by atoms with van der Waals surface area (Å²) < 4.78 is 0. The van der Waals surface area contributed by atoms with Gasteiger partial charge in [0, 0.05) is 5.92 Å². The number of aliphatic hydroxyl groups excluding tert-OH is 1. The lowest BCUT2D eigenvalue weighted by molar-refractivity contribution is -0.201. The monoisotopic (exact) mass is 370 g/mol. The van der Waals surface area contributed by atoms with Gasteiger partial charge in [0.15, 0.2) is 0 Å². The molecule has 0 aliphatic heterocycles. The van der Waals surface area contributed by atoms with E-state index in [1.807, 2.05) is 13.0 Å². The molecule has 2 fully saturated rings. The van der Waals surface area contributed by atoms with Gasteiger partial charge in [-0.2, -0.15) is 0 Å². The molecule has 0 spiro atoms. The van der Waals surface area contributed by atoms with Crippen LogP contribution in [0.2, 0.25) is 0 Å². The Morgan fingerprint density at radius 2 is 1.78 bits per heavy atom. The van der Waals surface area contributed by atoms with E-state index in [-0.39, 0.29) is 16.7 Å². The van der Waals surface area contributed by atoms with Gasteiger partial charge in [0.25, 0.3) is 0 Å². The van der Waals surface area contributed by atoms with E-state index in [9.17, 15) is 10.2 Å². The zero-order chi connectivity index (χ0) is 20.2. The van der Waals surface area contributed by atoms with Crippen LogP contribution in [0, 0.1) is 36.5 Å². The first-order valence-electron chi connectivity index (χ1n) is 10.6. The lowest BCUT2D eigenvalue weighted by Gasteiger charge is -2.62. The van der Waals surface area contributed by atoms with E-state index in [0.29, 0.717) is 5.92 Å². The summed E-state index contributed by atoms with van der Waals surface area (Å²) in [5.74, 6) is 0.365. The summed E-state index contributed by atoms with van der Waals surface area (Å²) in [6, 6.07) is 4.18. The molecule has 0 radical (unpaired) electrons. The van der Waals surface area contributed by atoms with E-state index in [0.717, 1.165) is 36.0 Å². The standard InChI is InChI=1S/C25H38O2/c1-8-18-14-16(2)17(3)19(15-18)21(26)22-24(6)12-9-11-23(4,5)20(24)10-13-25(22,7)27/h8,14-15,20-22,26-27H,1,9-13H2,2-7H3/t20?,21?,22-,24+,25-/m1/s1. The second kappa shape index (κ2) is 6.74. The lowest BCUT2D eigenvalue weighted by Crippen LogP contribution is -2.59. The molecule has 0 heterocycles. The molecule has 0 bridgehead atoms. The van der Waals surface area contributed by atoms with Crippen molar-refractivity contribution >= 4 is 6.08 Å². The largest absolute Gasteiger partial charge is 0.390 e. The summed E-state index contributed by atoms with van der Waals surface area (Å²) >= 11 is 0. The zero-order valence-corrected chi connectivity index (χ0v) is 18.1. The first-order chi connectivity index (χ1) is 12.4. The van der Waals surface area contributed by atoms with Crippen LogP contribution in [-0.2, 0) is 0 Å². The Morgan fingerprint density at radius 1 is 1.11 bits per heavy atom. The highest BCUT2D eigenvalue weighted by Crippen LogP contribution is 2.64. The zero-order valence-electron chi connectivity index (χ0n) is 18.1. The first kappa shape index (κ1) is 20.6. The van der Waals surface area contributed by atoms with Crippen molar-refractivity contribution < 1.29 is 10.2 Å². The number of aliphatic hydroxyl groups is 2. The number of benzene rings is 1. The van der Waals surface area contributed by atoms with Crippen LogP contribution < -0.4 is 0 Å². The first-order valence-corrected chi connectivity index (χ1v) is 10.6. The van der Waals surface area contributed by atoms with Crippen LogP contribution in [0.25, 0.3) is 6.08 Å². The van der Waals surface area contributed by atoms with Gasteiger partial charge in [-0.25, -0.2) is 0 Å². The highest BCUT2D eigenvalue weighted by Gasteiger charge is 2.60. The second-order valence-corrected chi connectivity index (χ2v) is 10.5. The number of hydrogen-bond acceptors (Lipinski definition) is 2. The van der Waals surface area contributed by atoms with Crippen LogP contribution in [0.1, 0.15) is 88.2 Å². The molecule has 1 aromatic rings. The van der Waals surface area contributed by atoms with Crippen molar-refractivity contribution in [1.82, 2.24) is 0 Å². The van der Waals surface area contributed by atoms with Gasteiger partial charge in [-0.3, -0.25) is 0 Å². The van der Waals surface area contributed by atoms with Crippen molar-refractivity contribution in [2.24, 2.45) is 22.7 Å². The Bertz CT molecular complexity index is 730. The molecule has 2 heteroatoms. The maximum atomic E-state index is 11.7. The predicted molar refractivity (Wildman–Crippen MR) is 114 cm³/mol. The molecular weight excluding hydrogens is 332 g/mol. The third-order valence-corrected chi connectivity index (χ3v) is 8.20. The third-order valence-electron chi connectivity index (χ3n) is 8.20. The summed E-state index contributed by atoms with van der Waals surface area (Å²) in [6.45, 7) is 17.1. The minimum atomic E-state index is -0.859. The van der Waals surface area contributed by atoms with Crippen molar-refractivity contribution in [1.29, 1.82) is 0 Å². The second-order valence-electron chi connectivity index (χ2n) is 10.5. The molecule has 2 aliphatic carbocycles. The molecule has 2 nitrogen and oxygen atoms in total. The van der Waals surface area contributed by atoms with E-state index in [2.05, 4.69) is 53.3 Å². The minimum Gasteiger partial charge on any atom is -0.390 e. The van der Waals surface area contributed by atoms with Gasteiger partial charge in [0.05, 0.1) is 11.7 Å². The molecule has 0 aromatic heterocycles. The molecule has 2 N–H and O–H groups in total. The van der Waals surface area contributed by atoms with E-state index in [4.69, 9.17) is 0 Å². The highest BCUT2D eigenvalue weighted by atomic mass is 16.3. The molecule has 2 unspecified atom stereocenters. The van der Waals surface area contributed by atoms with Gasteiger partial charge < -0.3 is 10.2 Å². The summed E-state index contributed by atoms with van der Waals surface area (Å²) in [5, 5.41) is 23.1. The van der Waals surface area contributed by atoms with Crippen molar-refractivity contribution in [3.8, 4) is 0 Å². The quantitative estimate of drug-likeness (QED) is 0.688. The van der Waals surface area contributed by atoms with Crippen LogP contribution in [0.4, 0.5) is 0 Å². The smallest absolute Gasteiger partial charge is 0.0853 e. The van der Waals surface area contributed by atoms with Crippen LogP contribution in [0.15, 0.2) is 18.7 Å². The minimum absolute atomic E-state index is 0.0621. The molecule has 0 saturated heterocycles. The fraction of sp³-hybridized carbons (Fsp3) is 0.680. The summed E-state index contributed by atoms with van der Waals surface area (Å²) in [7, 11) is 0. The molecule has 3 rings (SSSR count). The SMILES string of the molecule is C=Cc1cc(C)c(C)c(C(O)[C@@H]2[C@@]3(C)CCCC(C)(C)C3CC[C@@]2(C)O)c1. The Balaban J connectivity index is 2.12. The van der Waals surface area contributed by atoms with E-state index >= 15 is 0 Å². The van der Waals surface area contributed by atoms with Gasteiger partial charge in [-0.1, -0.05) is 45.9 Å². The van der Waals surface area contributed by atoms with Crippen LogP contribution in [-0.4, -0.2) is 15.8 Å². The Kier molecular flexibility index (Phi) is 5.15. The van der Waals surface area contributed by atoms with Gasteiger partial charge in [-0.15, -0.1) is 0 Å². The normalized spacial score (nSPS) is 36.7. The predicted octanol–water partition coefficient (Wildman–Crippen LogP) is 5.97. The van der Waals surface area contributed by atoms with Crippen molar-refractivity contribution in [2.75, 3.05) is 0 Å². The summed E-state index contributed by atoms with van der Waals surface area (Å²) in [5.41, 5.74) is 3.63. The van der Waals surface area contributed by atoms with Gasteiger partial charge >= 0.3 is 0 Å². The Labute approximate surface area is 165 Å². The van der Waals surface area contributed by atoms with E-state index in [1.165, 1.54) is 18.4 Å². The average Bonchev–Trinajstić information content (AvgIpc) is 2.54. The molecular formula is C25H38O2. The fourth-order valence-electron chi connectivity index (χ4n) is 6.78. The average molecular weight is 371 g/mol. The maximum absolute atomic E-state index is 11.7. The van der Waals surface area contributed by atoms with Gasteiger partial charge in [-0.05, 0) is 91.5 Å². The molecule has 150 valence electrons. The summed E-state index contributed by atoms with van der Waals surface area (Å²) in [6.07, 6.45) is 6.47. The van der Waals surface area contributed by atoms with E-state index < -0.39 is 11.7 Å². The maximum Gasteiger partial charge on any atom is 0.0853 e. The Morgan fingerprint density at radius 3 is 2.41 bits per heavy atom. The molecule has 1 aromatic carbocycles. The Hall–Kier alpha value is -1.12. The van der Waals surface area contributed by atoms with Crippen molar-refractivity contribution in [3.05, 3.63) is 41.0 Å². The topological polar surface area (TPSA) is 40.5 Å². The van der Waals surface area contributed by atoms with Crippen LogP contribution in [0.3, 0.4) is 0 Å². The summed E-state index contributed by atoms with van der Waals surface area (Å²) in [4.78, 5) is 0. The molecule has 5 atom stereocenters. The number of hydrogen-bond donors (Lipinski definition) is 2. The van der Waals surface area contributed by atoms with Crippen molar-refractivity contribution in [3.63, 3.8) is 0 Å². The highest BCUT2D eigenvalue weighted by molar-refractivity contribution is 5.53. The van der Waals surface area contributed by atoms with Crippen LogP contribution >= 0.6 is 0 Å².